The average Bonchev–Trinajstić information content (AvgIpc) is 2.79. The number of nitrogens with one attached hydrogen (secondary N) is 2. The number of ether oxygens (including phenoxy) is 2. The molecule has 0 unspecified atom stereocenters. The maximum absolute atomic E-state index is 14.7. The van der Waals surface area contributed by atoms with E-state index in [2.05, 4.69) is 15.6 Å². The van der Waals surface area contributed by atoms with Gasteiger partial charge in [-0.1, -0.05) is 6.07 Å². The fourth-order valence-electron chi connectivity index (χ4n) is 3.65. The third-order valence-corrected chi connectivity index (χ3v) is 5.31. The van der Waals surface area contributed by atoms with Crippen molar-refractivity contribution in [2.75, 3.05) is 43.6 Å². The summed E-state index contributed by atoms with van der Waals surface area (Å²) in [4.78, 5) is 6.59. The van der Waals surface area contributed by atoms with Gasteiger partial charge in [-0.15, -0.1) is 0 Å². The Hall–Kier alpha value is -3.00. The first-order valence-corrected chi connectivity index (χ1v) is 11.1. The largest absolute Gasteiger partial charge is 0.493 e. The Balaban J connectivity index is 1.70. The number of benzene rings is 2. The van der Waals surface area contributed by atoms with E-state index >= 15 is 0 Å². The summed E-state index contributed by atoms with van der Waals surface area (Å²) in [5.74, 6) is 1.65. The van der Waals surface area contributed by atoms with Crippen molar-refractivity contribution in [1.29, 1.82) is 0 Å². The van der Waals surface area contributed by atoms with Gasteiger partial charge in [0, 0.05) is 31.4 Å². The molecule has 1 aliphatic rings. The van der Waals surface area contributed by atoms with E-state index in [1.54, 1.807) is 13.2 Å². The summed E-state index contributed by atoms with van der Waals surface area (Å²) in [5, 5.41) is 16.1. The number of piperidine rings is 1. The van der Waals surface area contributed by atoms with Gasteiger partial charge in [0.05, 0.1) is 32.1 Å². The number of methoxy groups -OCH3 is 1. The van der Waals surface area contributed by atoms with E-state index in [1.807, 2.05) is 43.0 Å². The molecular weight excluding hydrogens is 411 g/mol. The molecule has 0 bridgehead atoms. The molecule has 2 aromatic carbocycles. The van der Waals surface area contributed by atoms with Crippen molar-refractivity contribution in [3.05, 3.63) is 47.8 Å². The first kappa shape index (κ1) is 23.7. The number of rotatable bonds is 8. The number of hydrogen-bond acceptors (Lipinski definition) is 5. The fraction of sp³-hybridized carbons (Fsp3) is 0.458. The highest BCUT2D eigenvalue weighted by Crippen LogP contribution is 2.30. The van der Waals surface area contributed by atoms with E-state index in [0.29, 0.717) is 68.8 Å². The Labute approximate surface area is 189 Å². The van der Waals surface area contributed by atoms with Crippen LogP contribution in [0, 0.1) is 5.82 Å². The molecule has 1 aliphatic heterocycles. The fourth-order valence-corrected chi connectivity index (χ4v) is 3.65. The highest BCUT2D eigenvalue weighted by Gasteiger charge is 2.19. The number of guanidine groups is 1. The maximum Gasteiger partial charge on any atom is 0.196 e. The zero-order valence-electron chi connectivity index (χ0n) is 19.0. The zero-order chi connectivity index (χ0) is 22.9. The second kappa shape index (κ2) is 11.6. The van der Waals surface area contributed by atoms with Crippen LogP contribution in [0.3, 0.4) is 0 Å². The maximum atomic E-state index is 14.7. The molecule has 2 aromatic rings. The smallest absolute Gasteiger partial charge is 0.196 e. The molecule has 32 heavy (non-hydrogen) atoms. The summed E-state index contributed by atoms with van der Waals surface area (Å²) in [7, 11) is 1.61. The van der Waals surface area contributed by atoms with Crippen LogP contribution in [0.1, 0.15) is 32.3 Å². The molecule has 174 valence electrons. The van der Waals surface area contributed by atoms with Crippen LogP contribution in [0.15, 0.2) is 41.4 Å². The Kier molecular flexibility index (Phi) is 8.56. The van der Waals surface area contributed by atoms with Gasteiger partial charge in [-0.2, -0.15) is 0 Å². The molecule has 8 heteroatoms. The summed E-state index contributed by atoms with van der Waals surface area (Å²) in [6.07, 6.45) is 1.05. The number of aliphatic imine (C=N–C) groups is 1. The van der Waals surface area contributed by atoms with Crippen molar-refractivity contribution in [2.24, 2.45) is 4.99 Å². The molecule has 0 aliphatic carbocycles. The quantitative estimate of drug-likeness (QED) is 0.425. The van der Waals surface area contributed by atoms with Gasteiger partial charge in [-0.05, 0) is 56.5 Å². The van der Waals surface area contributed by atoms with Crippen molar-refractivity contribution in [3.63, 3.8) is 0 Å². The molecule has 0 spiro atoms. The van der Waals surface area contributed by atoms with Gasteiger partial charge < -0.3 is 30.1 Å². The van der Waals surface area contributed by atoms with E-state index in [-0.39, 0.29) is 11.9 Å². The van der Waals surface area contributed by atoms with Crippen LogP contribution < -0.4 is 25.0 Å². The van der Waals surface area contributed by atoms with Crippen LogP contribution in [-0.2, 0) is 6.54 Å². The van der Waals surface area contributed by atoms with Gasteiger partial charge in [0.2, 0.25) is 0 Å². The molecule has 1 fully saturated rings. The topological polar surface area (TPSA) is 78.4 Å². The monoisotopic (exact) mass is 444 g/mol. The summed E-state index contributed by atoms with van der Waals surface area (Å²) in [6.45, 7) is 6.79. The number of aliphatic hydroxyl groups excluding tert-OH is 1. The summed E-state index contributed by atoms with van der Waals surface area (Å²) < 4.78 is 25.7. The van der Waals surface area contributed by atoms with Gasteiger partial charge in [-0.3, -0.25) is 0 Å². The molecule has 3 rings (SSSR count). The summed E-state index contributed by atoms with van der Waals surface area (Å²) in [6, 6.07) is 10.8. The third kappa shape index (κ3) is 6.26. The standard InChI is InChI=1S/C24H33FN4O3/c1-4-26-24(28-18-7-9-22(31-3)23(15-18)32-5-2)27-16-17-6-8-21(20(25)14-17)29-12-10-19(30)11-13-29/h6-9,14-15,19,30H,4-5,10-13,16H2,1-3H3,(H2,26,27,28). The first-order valence-electron chi connectivity index (χ1n) is 11.1. The first-order chi connectivity index (χ1) is 15.5. The predicted molar refractivity (Wildman–Crippen MR) is 126 cm³/mol. The predicted octanol–water partition coefficient (Wildman–Crippen LogP) is 3.77. The van der Waals surface area contributed by atoms with Gasteiger partial charge in [-0.25, -0.2) is 9.38 Å². The number of halogens is 1. The lowest BCUT2D eigenvalue weighted by molar-refractivity contribution is 0.145. The minimum absolute atomic E-state index is 0.261. The molecule has 0 amide bonds. The van der Waals surface area contributed by atoms with Crippen molar-refractivity contribution in [3.8, 4) is 11.5 Å². The highest BCUT2D eigenvalue weighted by atomic mass is 19.1. The molecule has 0 atom stereocenters. The van der Waals surface area contributed by atoms with E-state index in [9.17, 15) is 9.50 Å². The van der Waals surface area contributed by atoms with Crippen molar-refractivity contribution in [2.45, 2.75) is 39.3 Å². The number of hydrogen-bond donors (Lipinski definition) is 3. The van der Waals surface area contributed by atoms with Crippen LogP contribution in [-0.4, -0.2) is 50.5 Å². The van der Waals surface area contributed by atoms with Crippen LogP contribution in [0.4, 0.5) is 15.8 Å². The summed E-state index contributed by atoms with van der Waals surface area (Å²) in [5.41, 5.74) is 2.17. The van der Waals surface area contributed by atoms with E-state index < -0.39 is 0 Å². The normalized spacial score (nSPS) is 14.9. The van der Waals surface area contributed by atoms with Crippen LogP contribution in [0.25, 0.3) is 0 Å². The van der Waals surface area contributed by atoms with Gasteiger partial charge in [0.1, 0.15) is 5.82 Å². The SMILES string of the molecule is CCNC(=NCc1ccc(N2CCC(O)CC2)c(F)c1)Nc1ccc(OC)c(OCC)c1. The lowest BCUT2D eigenvalue weighted by Crippen LogP contribution is -2.36. The molecule has 1 saturated heterocycles. The Morgan fingerprint density at radius 3 is 2.59 bits per heavy atom. The zero-order valence-corrected chi connectivity index (χ0v) is 19.0. The minimum atomic E-state index is -0.282. The summed E-state index contributed by atoms with van der Waals surface area (Å²) >= 11 is 0. The van der Waals surface area contributed by atoms with Crippen LogP contribution in [0.5, 0.6) is 11.5 Å². The lowest BCUT2D eigenvalue weighted by atomic mass is 10.1. The number of aliphatic hydroxyl groups is 1. The average molecular weight is 445 g/mol. The van der Waals surface area contributed by atoms with Crippen LogP contribution in [0.2, 0.25) is 0 Å². The Bertz CT molecular complexity index is 914. The van der Waals surface area contributed by atoms with Crippen molar-refractivity contribution < 1.29 is 19.0 Å². The van der Waals surface area contributed by atoms with Gasteiger partial charge >= 0.3 is 0 Å². The minimum Gasteiger partial charge on any atom is -0.493 e. The van der Waals surface area contributed by atoms with E-state index in [4.69, 9.17) is 9.47 Å². The van der Waals surface area contributed by atoms with E-state index in [0.717, 1.165) is 11.3 Å². The van der Waals surface area contributed by atoms with Crippen LogP contribution >= 0.6 is 0 Å². The number of anilines is 2. The molecule has 1 heterocycles. The third-order valence-electron chi connectivity index (χ3n) is 5.31. The van der Waals surface area contributed by atoms with Gasteiger partial charge in [0.25, 0.3) is 0 Å². The second-order valence-corrected chi connectivity index (χ2v) is 7.62. The molecule has 3 N–H and O–H groups in total. The van der Waals surface area contributed by atoms with Crippen molar-refractivity contribution >= 4 is 17.3 Å². The Morgan fingerprint density at radius 1 is 1.16 bits per heavy atom. The van der Waals surface area contributed by atoms with Crippen molar-refractivity contribution in [1.82, 2.24) is 5.32 Å². The molecule has 7 nitrogen and oxygen atoms in total. The highest BCUT2D eigenvalue weighted by molar-refractivity contribution is 5.93. The Morgan fingerprint density at radius 2 is 1.94 bits per heavy atom. The molecule has 0 saturated carbocycles. The molecular formula is C24H33FN4O3. The van der Waals surface area contributed by atoms with Gasteiger partial charge in [0.15, 0.2) is 17.5 Å². The molecule has 0 radical (unpaired) electrons. The lowest BCUT2D eigenvalue weighted by Gasteiger charge is -2.31. The van der Waals surface area contributed by atoms with E-state index in [1.165, 1.54) is 6.07 Å². The second-order valence-electron chi connectivity index (χ2n) is 7.62. The molecule has 0 aromatic heterocycles. The number of nitrogens with zero attached hydrogens (tertiary/aromatic N) is 2.